The molecule has 0 bridgehead atoms. The van der Waals surface area contributed by atoms with Gasteiger partial charge in [-0.05, 0) is 70.8 Å². The van der Waals surface area contributed by atoms with Crippen LogP contribution >= 0.6 is 11.6 Å². The Morgan fingerprint density at radius 2 is 0.653 bits per heavy atom. The third-order valence-corrected chi connectivity index (χ3v) is 13.6. The fraction of sp³-hybridized carbons (Fsp3) is 0. The largest absolute Gasteiger partial charge is 0.488 e. The number of hydrogen-bond acceptors (Lipinski definition) is 6. The molecule has 0 saturated heterocycles. The van der Waals surface area contributed by atoms with Gasteiger partial charge in [0.05, 0.1) is 40.2 Å². The third kappa shape index (κ3) is 8.31. The second-order valence-electron chi connectivity index (χ2n) is 17.7. The van der Waals surface area contributed by atoms with Crippen LogP contribution in [0.2, 0.25) is 5.15 Å². The van der Waals surface area contributed by atoms with Gasteiger partial charge in [0.25, 0.3) is 0 Å². The molecule has 0 aliphatic carbocycles. The van der Waals surface area contributed by atoms with Crippen molar-refractivity contribution in [2.45, 2.75) is 0 Å². The molecule has 0 aliphatic heterocycles. The van der Waals surface area contributed by atoms with Gasteiger partial charge in [-0.1, -0.05) is 242 Å². The highest BCUT2D eigenvalue weighted by Crippen LogP contribution is 2.36. The molecule has 0 amide bonds. The number of fused-ring (bicyclic) bond motifs is 14. The highest BCUT2D eigenvalue weighted by Gasteiger charge is 2.14. The summed E-state index contributed by atoms with van der Waals surface area (Å²) in [4.78, 5) is 18.9. The Bertz CT molecular complexity index is 4260. The zero-order valence-corrected chi connectivity index (χ0v) is 39.5. The molecule has 12 aromatic carbocycles. The van der Waals surface area contributed by atoms with Crippen LogP contribution in [0.25, 0.3) is 120 Å². The van der Waals surface area contributed by atoms with Crippen molar-refractivity contribution < 1.29 is 10.0 Å². The first kappa shape index (κ1) is 44.4. The average molecular weight is 945 g/mol. The lowest BCUT2D eigenvalue weighted by atomic mass is 9.79. The maximum absolute atomic E-state index is 9.11. The minimum atomic E-state index is -1.42. The van der Waals surface area contributed by atoms with Crippen LogP contribution in [0.3, 0.4) is 0 Å². The van der Waals surface area contributed by atoms with Crippen molar-refractivity contribution in [2.24, 2.45) is 0 Å². The molecular formula is C64H42BClN4O2. The van der Waals surface area contributed by atoms with Crippen LogP contribution < -0.4 is 5.46 Å². The summed E-state index contributed by atoms with van der Waals surface area (Å²) in [5, 5.41) is 32.8. The fourth-order valence-electron chi connectivity index (χ4n) is 9.97. The number of benzene rings is 12. The monoisotopic (exact) mass is 944 g/mol. The molecule has 0 aliphatic rings. The van der Waals surface area contributed by atoms with Crippen LogP contribution in [0.4, 0.5) is 0 Å². The Labute approximate surface area is 420 Å². The van der Waals surface area contributed by atoms with Gasteiger partial charge < -0.3 is 10.0 Å². The molecule has 14 rings (SSSR count). The van der Waals surface area contributed by atoms with E-state index in [1.807, 2.05) is 60.8 Å². The minimum absolute atomic E-state index is 0.424. The van der Waals surface area contributed by atoms with Crippen molar-refractivity contribution in [3.63, 3.8) is 0 Å². The summed E-state index contributed by atoms with van der Waals surface area (Å²) < 4.78 is 0. The predicted molar refractivity (Wildman–Crippen MR) is 302 cm³/mol. The smallest absolute Gasteiger partial charge is 0.423 e. The van der Waals surface area contributed by atoms with E-state index in [1.54, 1.807) is 18.3 Å². The first-order chi connectivity index (χ1) is 35.5. The van der Waals surface area contributed by atoms with Crippen molar-refractivity contribution in [3.05, 3.63) is 248 Å². The second kappa shape index (κ2) is 19.2. The topological polar surface area (TPSA) is 92.0 Å². The molecule has 6 nitrogen and oxygen atoms in total. The summed E-state index contributed by atoms with van der Waals surface area (Å²) >= 11 is 6.00. The van der Waals surface area contributed by atoms with E-state index in [0.717, 1.165) is 66.0 Å². The van der Waals surface area contributed by atoms with Crippen molar-refractivity contribution in [3.8, 4) is 33.5 Å². The van der Waals surface area contributed by atoms with Gasteiger partial charge in [0.15, 0.2) is 0 Å². The molecule has 0 fully saturated rings. The molecule has 0 spiro atoms. The minimum Gasteiger partial charge on any atom is -0.423 e. The molecule has 2 aromatic heterocycles. The van der Waals surface area contributed by atoms with Crippen LogP contribution in [0.1, 0.15) is 0 Å². The molecule has 14 aromatic rings. The lowest BCUT2D eigenvalue weighted by Crippen LogP contribution is -2.29. The van der Waals surface area contributed by atoms with Gasteiger partial charge >= 0.3 is 7.12 Å². The van der Waals surface area contributed by atoms with Crippen LogP contribution in [0, 0.1) is 0 Å². The number of rotatable bonds is 4. The second-order valence-corrected chi connectivity index (χ2v) is 18.0. The summed E-state index contributed by atoms with van der Waals surface area (Å²) in [6.45, 7) is 0. The molecule has 2 heterocycles. The number of halogens is 1. The summed E-state index contributed by atoms with van der Waals surface area (Å²) in [6.07, 6.45) is 3.50. The lowest BCUT2D eigenvalue weighted by molar-refractivity contribution is 0.426. The van der Waals surface area contributed by atoms with E-state index in [9.17, 15) is 0 Å². The molecule has 0 saturated carbocycles. The van der Waals surface area contributed by atoms with E-state index in [1.165, 1.54) is 54.2 Å². The van der Waals surface area contributed by atoms with Gasteiger partial charge in [-0.25, -0.2) is 9.97 Å². The number of aromatic nitrogens is 4. The molecule has 0 unspecified atom stereocenters. The van der Waals surface area contributed by atoms with E-state index in [0.29, 0.717) is 10.6 Å². The zero-order chi connectivity index (χ0) is 48.5. The molecule has 72 heavy (non-hydrogen) atoms. The van der Waals surface area contributed by atoms with E-state index in [-0.39, 0.29) is 0 Å². The first-order valence-corrected chi connectivity index (χ1v) is 24.2. The maximum Gasteiger partial charge on any atom is 0.488 e. The van der Waals surface area contributed by atoms with Gasteiger partial charge in [0.1, 0.15) is 5.15 Å². The SMILES string of the molecule is Clc1cnc2c3ccccc3c3ccccc3c2n1.OB(O)c1ccc(-c2cccc3ccccc23)cc1.c1ccc2c(-c3ccc(-c4cnc5c6ccccc6c6ccccc6c5n4)cc3)cccc2c1. The summed E-state index contributed by atoms with van der Waals surface area (Å²) in [5.74, 6) is 0. The van der Waals surface area contributed by atoms with Crippen molar-refractivity contribution in [2.75, 3.05) is 0 Å². The standard InChI is InChI=1S/C32H20N2.C16H13BO2.C16H9ClN2/c1-2-10-24-21(8-1)9-7-15-25(24)22-16-18-23(19-17-22)30-20-33-31-28-13-5-3-11-26(28)27-12-4-6-14-29(27)32(31)34-30;18-17(19)14-10-8-13(9-11-14)16-7-3-5-12-4-1-2-6-15(12)16;17-14-9-18-15-12-7-3-1-5-10(12)11-6-2-4-8-13(11)16(15)19-14/h1-20H;1-11,18-19H;1-9H. The molecule has 2 N–H and O–H groups in total. The average Bonchev–Trinajstić information content (AvgIpc) is 3.45. The normalized spacial score (nSPS) is 11.3. The summed E-state index contributed by atoms with van der Waals surface area (Å²) in [7, 11) is -1.42. The fourth-order valence-corrected chi connectivity index (χ4v) is 10.1. The maximum atomic E-state index is 9.11. The number of nitrogens with zero attached hydrogens (tertiary/aromatic N) is 4. The molecular weight excluding hydrogens is 903 g/mol. The quantitative estimate of drug-likeness (QED) is 0.135. The van der Waals surface area contributed by atoms with Crippen LogP contribution in [0.5, 0.6) is 0 Å². The van der Waals surface area contributed by atoms with Gasteiger partial charge in [-0.3, -0.25) is 9.97 Å². The highest BCUT2D eigenvalue weighted by molar-refractivity contribution is 6.58. The van der Waals surface area contributed by atoms with Gasteiger partial charge in [0, 0.05) is 27.1 Å². The van der Waals surface area contributed by atoms with Crippen LogP contribution in [-0.2, 0) is 0 Å². The molecule has 0 atom stereocenters. The predicted octanol–water partition coefficient (Wildman–Crippen LogP) is 15.2. The Kier molecular flexibility index (Phi) is 11.8. The van der Waals surface area contributed by atoms with E-state index in [2.05, 4.69) is 174 Å². The van der Waals surface area contributed by atoms with Crippen molar-refractivity contribution in [1.82, 2.24) is 19.9 Å². The Balaban J connectivity index is 0.000000119. The molecule has 340 valence electrons. The van der Waals surface area contributed by atoms with Gasteiger partial charge in [0.2, 0.25) is 0 Å². The molecule has 0 radical (unpaired) electrons. The van der Waals surface area contributed by atoms with E-state index in [4.69, 9.17) is 31.6 Å². The van der Waals surface area contributed by atoms with Gasteiger partial charge in [-0.15, -0.1) is 0 Å². The highest BCUT2D eigenvalue weighted by atomic mass is 35.5. The zero-order valence-electron chi connectivity index (χ0n) is 38.7. The van der Waals surface area contributed by atoms with Gasteiger partial charge in [-0.2, -0.15) is 0 Å². The summed E-state index contributed by atoms with van der Waals surface area (Å²) in [5.41, 5.74) is 10.8. The Hall–Kier alpha value is -8.85. The molecule has 8 heteroatoms. The summed E-state index contributed by atoms with van der Waals surface area (Å²) in [6, 6.07) is 78.8. The number of hydrogen-bond donors (Lipinski definition) is 2. The lowest BCUT2D eigenvalue weighted by Gasteiger charge is -2.11. The van der Waals surface area contributed by atoms with E-state index >= 15 is 0 Å². The third-order valence-electron chi connectivity index (χ3n) is 13.4. The Morgan fingerprint density at radius 3 is 1.11 bits per heavy atom. The Morgan fingerprint density at radius 1 is 0.306 bits per heavy atom. The first-order valence-electron chi connectivity index (χ1n) is 23.8. The van der Waals surface area contributed by atoms with E-state index < -0.39 is 7.12 Å². The van der Waals surface area contributed by atoms with Crippen LogP contribution in [0.15, 0.2) is 243 Å². The van der Waals surface area contributed by atoms with Crippen LogP contribution in [-0.4, -0.2) is 37.1 Å². The van der Waals surface area contributed by atoms with Crippen molar-refractivity contribution in [1.29, 1.82) is 0 Å². The van der Waals surface area contributed by atoms with Crippen molar-refractivity contribution >= 4 is 111 Å².